The highest BCUT2D eigenvalue weighted by Crippen LogP contribution is 2.11. The van der Waals surface area contributed by atoms with Crippen LogP contribution in [0.25, 0.3) is 0 Å². The smallest absolute Gasteiger partial charge is 0.240 e. The van der Waals surface area contributed by atoms with Crippen molar-refractivity contribution in [2.24, 2.45) is 0 Å². The Labute approximate surface area is 107 Å². The van der Waals surface area contributed by atoms with Gasteiger partial charge in [-0.05, 0) is 0 Å². The third-order valence-corrected chi connectivity index (χ3v) is 4.38. The van der Waals surface area contributed by atoms with Gasteiger partial charge < -0.3 is 15.3 Å². The van der Waals surface area contributed by atoms with Crippen LogP contribution in [0.3, 0.4) is 0 Å². The summed E-state index contributed by atoms with van der Waals surface area (Å²) >= 11 is 1.85. The Morgan fingerprint density at radius 1 is 1.35 bits per heavy atom. The molecule has 0 aromatic heterocycles. The summed E-state index contributed by atoms with van der Waals surface area (Å²) in [5, 5.41) is 12.1. The van der Waals surface area contributed by atoms with Crippen LogP contribution in [0.1, 0.15) is 0 Å². The van der Waals surface area contributed by atoms with Crippen molar-refractivity contribution < 1.29 is 9.90 Å². The fraction of sp³-hybridized carbons (Fsp3) is 0.909. The fourth-order valence-electron chi connectivity index (χ4n) is 2.28. The second-order valence-electron chi connectivity index (χ2n) is 4.47. The molecule has 2 N–H and O–H groups in total. The lowest BCUT2D eigenvalue weighted by molar-refractivity contribution is -0.134. The van der Waals surface area contributed by atoms with E-state index in [0.717, 1.165) is 50.8 Å². The first kappa shape index (κ1) is 13.1. The highest BCUT2D eigenvalue weighted by atomic mass is 32.2. The van der Waals surface area contributed by atoms with Crippen molar-refractivity contribution in [3.63, 3.8) is 0 Å². The first-order valence-corrected chi connectivity index (χ1v) is 7.40. The summed E-state index contributed by atoms with van der Waals surface area (Å²) in [7, 11) is 0. The van der Waals surface area contributed by atoms with E-state index in [9.17, 15) is 4.79 Å². The van der Waals surface area contributed by atoms with E-state index in [1.165, 1.54) is 0 Å². The maximum Gasteiger partial charge on any atom is 0.240 e. The molecule has 17 heavy (non-hydrogen) atoms. The van der Waals surface area contributed by atoms with E-state index in [0.29, 0.717) is 0 Å². The molecule has 2 fully saturated rings. The van der Waals surface area contributed by atoms with Crippen molar-refractivity contribution in [2.45, 2.75) is 6.04 Å². The van der Waals surface area contributed by atoms with Gasteiger partial charge in [-0.25, -0.2) is 0 Å². The van der Waals surface area contributed by atoms with E-state index in [4.69, 9.17) is 5.11 Å². The molecule has 0 aromatic carbocycles. The number of carbonyl (C=O) groups is 1. The number of thioether (sulfide) groups is 1. The quantitative estimate of drug-likeness (QED) is 0.669. The zero-order valence-electron chi connectivity index (χ0n) is 10.1. The molecule has 2 rings (SSSR count). The summed E-state index contributed by atoms with van der Waals surface area (Å²) in [5.74, 6) is 2.25. The van der Waals surface area contributed by atoms with Gasteiger partial charge in [0.1, 0.15) is 0 Å². The van der Waals surface area contributed by atoms with Gasteiger partial charge in [-0.1, -0.05) is 0 Å². The van der Waals surface area contributed by atoms with E-state index in [1.807, 2.05) is 16.7 Å². The number of rotatable bonds is 3. The number of hydrogen-bond donors (Lipinski definition) is 2. The first-order chi connectivity index (χ1) is 8.31. The lowest BCUT2D eigenvalue weighted by Gasteiger charge is -2.37. The minimum atomic E-state index is 0.0122. The van der Waals surface area contributed by atoms with Gasteiger partial charge in [-0.2, -0.15) is 11.8 Å². The topological polar surface area (TPSA) is 55.8 Å². The Hall–Kier alpha value is -0.300. The molecule has 1 amide bonds. The molecule has 0 aliphatic carbocycles. The van der Waals surface area contributed by atoms with E-state index < -0.39 is 0 Å². The third kappa shape index (κ3) is 3.58. The Morgan fingerprint density at radius 3 is 2.71 bits per heavy atom. The average Bonchev–Trinajstić information content (AvgIpc) is 2.40. The van der Waals surface area contributed by atoms with Gasteiger partial charge >= 0.3 is 0 Å². The molecule has 2 heterocycles. The zero-order chi connectivity index (χ0) is 12.1. The molecule has 0 radical (unpaired) electrons. The van der Waals surface area contributed by atoms with E-state index in [-0.39, 0.29) is 18.6 Å². The molecule has 2 aliphatic heterocycles. The average molecular weight is 259 g/mol. The summed E-state index contributed by atoms with van der Waals surface area (Å²) < 4.78 is 0. The largest absolute Gasteiger partial charge is 0.395 e. The number of piperazine rings is 1. The van der Waals surface area contributed by atoms with Crippen molar-refractivity contribution in [1.82, 2.24) is 15.1 Å². The van der Waals surface area contributed by atoms with Gasteiger partial charge in [-0.3, -0.25) is 9.69 Å². The molecular weight excluding hydrogens is 238 g/mol. The second-order valence-corrected chi connectivity index (χ2v) is 5.62. The van der Waals surface area contributed by atoms with Crippen LogP contribution in [0.2, 0.25) is 0 Å². The molecule has 6 heteroatoms. The molecule has 5 nitrogen and oxygen atoms in total. The lowest BCUT2D eigenvalue weighted by Crippen LogP contribution is -2.56. The van der Waals surface area contributed by atoms with Crippen LogP contribution in [0.15, 0.2) is 0 Å². The Morgan fingerprint density at radius 2 is 2.12 bits per heavy atom. The molecule has 1 unspecified atom stereocenters. The van der Waals surface area contributed by atoms with Gasteiger partial charge in [-0.15, -0.1) is 0 Å². The zero-order valence-corrected chi connectivity index (χ0v) is 10.9. The monoisotopic (exact) mass is 259 g/mol. The number of β-amino-alcohol motifs (C(OH)–C–C–N with tert-alkyl or cyclic N) is 1. The van der Waals surface area contributed by atoms with Crippen molar-refractivity contribution in [3.8, 4) is 0 Å². The molecule has 0 aromatic rings. The van der Waals surface area contributed by atoms with Crippen LogP contribution in [0, 0.1) is 0 Å². The van der Waals surface area contributed by atoms with Crippen LogP contribution in [0.5, 0.6) is 0 Å². The summed E-state index contributed by atoms with van der Waals surface area (Å²) in [6, 6.07) is 0.0122. The van der Waals surface area contributed by atoms with Crippen molar-refractivity contribution in [1.29, 1.82) is 0 Å². The SMILES string of the molecule is O=C(C1CSCCN1)N1CCN(CCO)CC1. The second kappa shape index (κ2) is 6.58. The number of hydrogen-bond acceptors (Lipinski definition) is 5. The van der Waals surface area contributed by atoms with Gasteiger partial charge in [0.05, 0.1) is 12.6 Å². The molecule has 2 aliphatic rings. The third-order valence-electron chi connectivity index (χ3n) is 3.32. The van der Waals surface area contributed by atoms with Crippen molar-refractivity contribution >= 4 is 17.7 Å². The fourth-order valence-corrected chi connectivity index (χ4v) is 3.20. The van der Waals surface area contributed by atoms with Crippen molar-refractivity contribution in [2.75, 3.05) is 57.4 Å². The summed E-state index contributed by atoms with van der Waals surface area (Å²) in [6.45, 7) is 5.21. The van der Waals surface area contributed by atoms with Crippen molar-refractivity contribution in [3.05, 3.63) is 0 Å². The summed E-state index contributed by atoms with van der Waals surface area (Å²) in [6.07, 6.45) is 0. The Bertz CT molecular complexity index is 251. The lowest BCUT2D eigenvalue weighted by atomic mass is 10.2. The van der Waals surface area contributed by atoms with E-state index in [2.05, 4.69) is 10.2 Å². The van der Waals surface area contributed by atoms with Crippen LogP contribution >= 0.6 is 11.8 Å². The number of aliphatic hydroxyl groups is 1. The molecule has 0 bridgehead atoms. The van der Waals surface area contributed by atoms with Crippen LogP contribution in [0.4, 0.5) is 0 Å². The highest BCUT2D eigenvalue weighted by Gasteiger charge is 2.28. The van der Waals surface area contributed by atoms with Gasteiger partial charge in [0.25, 0.3) is 0 Å². The number of amides is 1. The Balaban J connectivity index is 1.77. The Kier molecular flexibility index (Phi) is 5.09. The molecule has 0 saturated carbocycles. The highest BCUT2D eigenvalue weighted by molar-refractivity contribution is 7.99. The minimum Gasteiger partial charge on any atom is -0.395 e. The molecule has 2 saturated heterocycles. The number of carbonyl (C=O) groups excluding carboxylic acids is 1. The number of aliphatic hydroxyl groups excluding tert-OH is 1. The maximum atomic E-state index is 12.2. The maximum absolute atomic E-state index is 12.2. The normalized spacial score (nSPS) is 27.1. The summed E-state index contributed by atoms with van der Waals surface area (Å²) in [4.78, 5) is 16.4. The summed E-state index contributed by atoms with van der Waals surface area (Å²) in [5.41, 5.74) is 0. The first-order valence-electron chi connectivity index (χ1n) is 6.24. The number of nitrogens with zero attached hydrogens (tertiary/aromatic N) is 2. The minimum absolute atomic E-state index is 0.0122. The van der Waals surface area contributed by atoms with E-state index in [1.54, 1.807) is 0 Å². The number of nitrogens with one attached hydrogen (secondary N) is 1. The molecule has 98 valence electrons. The van der Waals surface area contributed by atoms with Gasteiger partial charge in [0.2, 0.25) is 5.91 Å². The van der Waals surface area contributed by atoms with Gasteiger partial charge in [0.15, 0.2) is 0 Å². The van der Waals surface area contributed by atoms with Gasteiger partial charge in [0, 0.05) is 50.8 Å². The standard InChI is InChI=1S/C11H21N3O2S/c15-7-6-13-2-4-14(5-3-13)11(16)10-9-17-8-1-12-10/h10,12,15H,1-9H2. The van der Waals surface area contributed by atoms with Crippen LogP contribution in [-0.4, -0.2) is 84.2 Å². The van der Waals surface area contributed by atoms with Crippen LogP contribution in [-0.2, 0) is 4.79 Å². The molecule has 0 spiro atoms. The predicted octanol–water partition coefficient (Wildman–Crippen LogP) is -1.17. The van der Waals surface area contributed by atoms with Crippen LogP contribution < -0.4 is 5.32 Å². The predicted molar refractivity (Wildman–Crippen MR) is 69.2 cm³/mol. The molecule has 1 atom stereocenters. The van der Waals surface area contributed by atoms with E-state index >= 15 is 0 Å². The molecular formula is C11H21N3O2S.